The van der Waals surface area contributed by atoms with Gasteiger partial charge in [0, 0.05) is 19.1 Å². The second-order valence-electron chi connectivity index (χ2n) is 7.55. The highest BCUT2D eigenvalue weighted by atomic mass is 28.4. The molecule has 0 amide bonds. The molecule has 0 aliphatic carbocycles. The molecule has 0 aliphatic heterocycles. The third-order valence-electron chi connectivity index (χ3n) is 4.71. The van der Waals surface area contributed by atoms with Gasteiger partial charge in [-0.15, -0.1) is 6.58 Å². The third kappa shape index (κ3) is 4.29. The first-order chi connectivity index (χ1) is 12.0. The number of rotatable bonds is 8. The molecular weight excluding hydrogens is 324 g/mol. The molecule has 0 fully saturated rings. The second kappa shape index (κ2) is 8.61. The fourth-order valence-electron chi connectivity index (χ4n) is 3.44. The molecule has 2 nitrogen and oxygen atoms in total. The Kier molecular flexibility index (Phi) is 6.76. The van der Waals surface area contributed by atoms with Gasteiger partial charge < -0.3 is 9.53 Å². The van der Waals surface area contributed by atoms with Crippen LogP contribution in [0.2, 0.25) is 5.04 Å². The molecule has 2 aromatic carbocycles. The van der Waals surface area contributed by atoms with Crippen molar-refractivity contribution in [3.8, 4) is 0 Å². The molecule has 1 atom stereocenters. The second-order valence-corrected chi connectivity index (χ2v) is 11.9. The number of hydrogen-bond acceptors (Lipinski definition) is 2. The van der Waals surface area contributed by atoms with E-state index in [4.69, 9.17) is 4.43 Å². The zero-order valence-corrected chi connectivity index (χ0v) is 16.6. The Bertz CT molecular complexity index is 607. The van der Waals surface area contributed by atoms with E-state index in [1.807, 2.05) is 18.2 Å². The van der Waals surface area contributed by atoms with Crippen LogP contribution in [0.4, 0.5) is 0 Å². The Hall–Kier alpha value is -1.68. The largest absolute Gasteiger partial charge is 0.407 e. The molecule has 0 spiro atoms. The van der Waals surface area contributed by atoms with E-state index in [0.29, 0.717) is 6.61 Å². The van der Waals surface area contributed by atoms with Crippen LogP contribution in [0.15, 0.2) is 73.3 Å². The molecule has 2 aromatic rings. The quantitative estimate of drug-likeness (QED) is 0.578. The fraction of sp³-hybridized carbons (Fsp3) is 0.364. The van der Waals surface area contributed by atoms with Crippen LogP contribution in [0.25, 0.3) is 0 Å². The van der Waals surface area contributed by atoms with Crippen molar-refractivity contribution in [3.05, 3.63) is 73.3 Å². The maximum atomic E-state index is 9.69. The van der Waals surface area contributed by atoms with Gasteiger partial charge in [0.25, 0.3) is 8.32 Å². The molecule has 0 heterocycles. The first-order valence-corrected chi connectivity index (χ1v) is 10.8. The summed E-state index contributed by atoms with van der Waals surface area (Å²) in [5, 5.41) is 12.2. The zero-order valence-electron chi connectivity index (χ0n) is 15.6. The lowest BCUT2D eigenvalue weighted by molar-refractivity contribution is 0.158. The highest BCUT2D eigenvalue weighted by Crippen LogP contribution is 2.37. The molecular formula is C22H30O2Si. The molecule has 1 N–H and O–H groups in total. The van der Waals surface area contributed by atoms with Crippen LogP contribution in [0.1, 0.15) is 27.2 Å². The van der Waals surface area contributed by atoms with Crippen molar-refractivity contribution in [1.29, 1.82) is 0 Å². The van der Waals surface area contributed by atoms with Gasteiger partial charge in [-0.05, 0) is 21.8 Å². The van der Waals surface area contributed by atoms with E-state index in [0.717, 1.165) is 6.42 Å². The van der Waals surface area contributed by atoms with Crippen molar-refractivity contribution in [3.63, 3.8) is 0 Å². The highest BCUT2D eigenvalue weighted by Gasteiger charge is 2.50. The lowest BCUT2D eigenvalue weighted by Gasteiger charge is -2.43. The Balaban J connectivity index is 2.54. The molecule has 0 saturated carbocycles. The number of hydrogen-bond donors (Lipinski definition) is 1. The third-order valence-corrected chi connectivity index (χ3v) is 9.72. The number of benzene rings is 2. The lowest BCUT2D eigenvalue weighted by atomic mass is 10.1. The minimum absolute atomic E-state index is 0.0378. The zero-order chi connectivity index (χ0) is 18.3. The summed E-state index contributed by atoms with van der Waals surface area (Å²) in [6, 6.07) is 21.2. The van der Waals surface area contributed by atoms with E-state index >= 15 is 0 Å². The Morgan fingerprint density at radius 1 is 1.00 bits per heavy atom. The maximum absolute atomic E-state index is 9.69. The summed E-state index contributed by atoms with van der Waals surface area (Å²) in [6.07, 6.45) is 2.62. The van der Waals surface area contributed by atoms with Gasteiger partial charge in [-0.25, -0.2) is 0 Å². The molecule has 25 heavy (non-hydrogen) atoms. The van der Waals surface area contributed by atoms with Crippen LogP contribution in [-0.4, -0.2) is 26.6 Å². The van der Waals surface area contributed by atoms with E-state index < -0.39 is 8.32 Å². The normalized spacial score (nSPS) is 13.4. The summed E-state index contributed by atoms with van der Waals surface area (Å²) in [5.74, 6) is 0.0825. The molecule has 0 aromatic heterocycles. The number of aliphatic hydroxyl groups is 1. The summed E-state index contributed by atoms with van der Waals surface area (Å²) in [6.45, 7) is 11.2. The van der Waals surface area contributed by atoms with Gasteiger partial charge in [-0.1, -0.05) is 87.5 Å². The summed E-state index contributed by atoms with van der Waals surface area (Å²) < 4.78 is 6.80. The molecule has 0 radical (unpaired) electrons. The van der Waals surface area contributed by atoms with Gasteiger partial charge in [-0.3, -0.25) is 0 Å². The average molecular weight is 355 g/mol. The monoisotopic (exact) mass is 354 g/mol. The number of aliphatic hydroxyl groups excluding tert-OH is 1. The summed E-state index contributed by atoms with van der Waals surface area (Å²) in [4.78, 5) is 0. The van der Waals surface area contributed by atoms with Gasteiger partial charge in [0.15, 0.2) is 0 Å². The van der Waals surface area contributed by atoms with E-state index in [1.165, 1.54) is 10.4 Å². The standard InChI is InChI=1S/C22H30O2Si/c1-5-12-19(17-23)18-24-25(22(2,3)4,20-13-8-6-9-14-20)21-15-10-7-11-16-21/h5-11,13-16,19,23H,1,12,17-18H2,2-4H3/t19-/m0/s1. The molecule has 0 bridgehead atoms. The van der Waals surface area contributed by atoms with Crippen molar-refractivity contribution in [2.45, 2.75) is 32.2 Å². The van der Waals surface area contributed by atoms with Crippen molar-refractivity contribution in [1.82, 2.24) is 0 Å². The predicted octanol–water partition coefficient (Wildman–Crippen LogP) is 3.75. The smallest absolute Gasteiger partial charge is 0.261 e. The van der Waals surface area contributed by atoms with Gasteiger partial charge in [0.1, 0.15) is 0 Å². The molecule has 2 rings (SSSR count). The Morgan fingerprint density at radius 2 is 1.48 bits per heavy atom. The maximum Gasteiger partial charge on any atom is 0.261 e. The average Bonchev–Trinajstić information content (AvgIpc) is 2.62. The minimum atomic E-state index is -2.50. The summed E-state index contributed by atoms with van der Waals surface area (Å²) >= 11 is 0. The van der Waals surface area contributed by atoms with Gasteiger partial charge in [0.2, 0.25) is 0 Å². The number of allylic oxidation sites excluding steroid dienone is 1. The van der Waals surface area contributed by atoms with Crippen LogP contribution in [0.5, 0.6) is 0 Å². The predicted molar refractivity (Wildman–Crippen MR) is 109 cm³/mol. The molecule has 0 unspecified atom stereocenters. The fourth-order valence-corrected chi connectivity index (χ4v) is 8.08. The Labute approximate surface area is 153 Å². The summed E-state index contributed by atoms with van der Waals surface area (Å²) in [5.41, 5.74) is 0. The van der Waals surface area contributed by atoms with Gasteiger partial charge >= 0.3 is 0 Å². The Morgan fingerprint density at radius 3 is 1.84 bits per heavy atom. The van der Waals surface area contributed by atoms with Crippen LogP contribution in [0, 0.1) is 5.92 Å². The lowest BCUT2D eigenvalue weighted by Crippen LogP contribution is -2.67. The van der Waals surface area contributed by atoms with Crippen molar-refractivity contribution < 1.29 is 9.53 Å². The van der Waals surface area contributed by atoms with Crippen molar-refractivity contribution in [2.24, 2.45) is 5.92 Å². The van der Waals surface area contributed by atoms with Crippen LogP contribution < -0.4 is 10.4 Å². The van der Waals surface area contributed by atoms with Crippen molar-refractivity contribution >= 4 is 18.7 Å². The molecule has 3 heteroatoms. The minimum Gasteiger partial charge on any atom is -0.407 e. The molecule has 134 valence electrons. The van der Waals surface area contributed by atoms with Crippen molar-refractivity contribution in [2.75, 3.05) is 13.2 Å². The van der Waals surface area contributed by atoms with Crippen LogP contribution in [-0.2, 0) is 4.43 Å². The highest BCUT2D eigenvalue weighted by molar-refractivity contribution is 6.99. The van der Waals surface area contributed by atoms with E-state index in [9.17, 15) is 5.11 Å². The van der Waals surface area contributed by atoms with Gasteiger partial charge in [0.05, 0.1) is 0 Å². The summed E-state index contributed by atoms with van der Waals surface area (Å²) in [7, 11) is -2.50. The topological polar surface area (TPSA) is 29.5 Å². The molecule has 0 aliphatic rings. The van der Waals surface area contributed by atoms with Gasteiger partial charge in [-0.2, -0.15) is 0 Å². The van der Waals surface area contributed by atoms with Crippen LogP contribution in [0.3, 0.4) is 0 Å². The van der Waals surface area contributed by atoms with E-state index in [-0.39, 0.29) is 17.6 Å². The molecule has 0 saturated heterocycles. The first-order valence-electron chi connectivity index (χ1n) is 8.92. The van der Waals surface area contributed by atoms with E-state index in [1.54, 1.807) is 0 Å². The van der Waals surface area contributed by atoms with Crippen LogP contribution >= 0.6 is 0 Å². The first kappa shape index (κ1) is 19.6. The SMILES string of the molecule is C=CC[C@@H](CO)CO[Si](c1ccccc1)(c1ccccc1)C(C)(C)C. The van der Waals surface area contributed by atoms with E-state index in [2.05, 4.69) is 75.9 Å².